The van der Waals surface area contributed by atoms with Crippen molar-refractivity contribution in [2.45, 2.75) is 0 Å². The molecule has 10 heteroatoms. The second-order valence-corrected chi connectivity index (χ2v) is 8.91. The molecule has 39 heavy (non-hydrogen) atoms. The molecular weight excluding hydrogens is 518 g/mol. The zero-order valence-electron chi connectivity index (χ0n) is 21.2. The number of aromatic carboxylic acids is 1. The molecule has 0 amide bonds. The predicted molar refractivity (Wildman–Crippen MR) is 153 cm³/mol. The third kappa shape index (κ3) is 5.14. The van der Waals surface area contributed by atoms with Crippen molar-refractivity contribution < 1.29 is 19.4 Å². The zero-order chi connectivity index (χ0) is 26.1. The Morgan fingerprint density at radius 2 is 1.82 bits per heavy atom. The number of rotatable bonds is 6. The molecular formula is C29H26ClN5O4. The van der Waals surface area contributed by atoms with Gasteiger partial charge in [0.05, 0.1) is 49.1 Å². The molecule has 0 saturated carbocycles. The van der Waals surface area contributed by atoms with Crippen LogP contribution in [0.2, 0.25) is 0 Å². The van der Waals surface area contributed by atoms with Gasteiger partial charge in [0.25, 0.3) is 0 Å². The number of ether oxygens (including phenoxy) is 2. The highest BCUT2D eigenvalue weighted by Crippen LogP contribution is 2.31. The van der Waals surface area contributed by atoms with Gasteiger partial charge in [0.1, 0.15) is 11.3 Å². The number of carbonyl (C=O) groups is 1. The Hall–Kier alpha value is -4.47. The fourth-order valence-corrected chi connectivity index (χ4v) is 4.65. The second-order valence-electron chi connectivity index (χ2n) is 8.91. The molecule has 1 N–H and O–H groups in total. The second kappa shape index (κ2) is 11.1. The fraction of sp³-hybridized carbons (Fsp3) is 0.172. The molecule has 2 aromatic carbocycles. The molecule has 4 heterocycles. The lowest BCUT2D eigenvalue weighted by Gasteiger charge is -2.28. The molecule has 5 aromatic rings. The van der Waals surface area contributed by atoms with Gasteiger partial charge in [-0.15, -0.1) is 12.4 Å². The van der Waals surface area contributed by atoms with Crippen LogP contribution in [0, 0.1) is 0 Å². The lowest BCUT2D eigenvalue weighted by atomic mass is 10.1. The Morgan fingerprint density at radius 3 is 2.62 bits per heavy atom. The van der Waals surface area contributed by atoms with Crippen LogP contribution in [0.4, 0.5) is 5.82 Å². The SMILES string of the molecule is COc1cc(-c2cnc(N3CCOCC3)c3nc(/C=C/c4ccc5ccccc5n4)cn23)ccc1C(=O)O.Cl. The molecule has 1 fully saturated rings. The van der Waals surface area contributed by atoms with E-state index in [0.717, 1.165) is 52.5 Å². The number of anilines is 1. The van der Waals surface area contributed by atoms with Crippen LogP contribution in [-0.4, -0.2) is 63.8 Å². The smallest absolute Gasteiger partial charge is 0.339 e. The average Bonchev–Trinajstić information content (AvgIpc) is 3.40. The topological polar surface area (TPSA) is 102 Å². The van der Waals surface area contributed by atoms with E-state index in [2.05, 4.69) is 11.0 Å². The van der Waals surface area contributed by atoms with Gasteiger partial charge in [-0.3, -0.25) is 4.40 Å². The van der Waals surface area contributed by atoms with Crippen molar-refractivity contribution in [3.05, 3.63) is 83.9 Å². The number of methoxy groups -OCH3 is 1. The molecule has 1 aliphatic rings. The maximum absolute atomic E-state index is 11.6. The number of benzene rings is 2. The molecule has 3 aromatic heterocycles. The summed E-state index contributed by atoms with van der Waals surface area (Å²) in [6, 6.07) is 17.1. The van der Waals surface area contributed by atoms with Gasteiger partial charge in [-0.1, -0.05) is 30.3 Å². The van der Waals surface area contributed by atoms with Crippen molar-refractivity contribution in [1.29, 1.82) is 0 Å². The van der Waals surface area contributed by atoms with E-state index in [9.17, 15) is 9.90 Å². The van der Waals surface area contributed by atoms with Crippen molar-refractivity contribution in [3.8, 4) is 17.0 Å². The van der Waals surface area contributed by atoms with Crippen LogP contribution >= 0.6 is 12.4 Å². The highest BCUT2D eigenvalue weighted by Gasteiger charge is 2.20. The summed E-state index contributed by atoms with van der Waals surface area (Å²) in [7, 11) is 1.46. The standard InChI is InChI=1S/C29H25N5O4.ClH/c1-37-26-16-20(7-11-23(26)29(35)36)25-17-30-27(33-12-14-38-15-13-33)28-32-22(18-34(25)28)10-9-21-8-6-19-4-2-3-5-24(19)31-21;/h2-11,16-18H,12-15H2,1H3,(H,35,36);1H/b10-9+;. The lowest BCUT2D eigenvalue weighted by Crippen LogP contribution is -2.37. The van der Waals surface area contributed by atoms with Gasteiger partial charge < -0.3 is 19.5 Å². The van der Waals surface area contributed by atoms with Crippen molar-refractivity contribution in [3.63, 3.8) is 0 Å². The molecule has 0 spiro atoms. The Kier molecular flexibility index (Phi) is 7.44. The average molecular weight is 544 g/mol. The van der Waals surface area contributed by atoms with Crippen molar-refractivity contribution in [1.82, 2.24) is 19.4 Å². The number of morpholine rings is 1. The number of para-hydroxylation sites is 1. The Labute approximate surface area is 230 Å². The Morgan fingerprint density at radius 1 is 1.03 bits per heavy atom. The number of pyridine rings is 1. The first kappa shape index (κ1) is 26.1. The number of hydrogen-bond donors (Lipinski definition) is 1. The molecule has 6 rings (SSSR count). The molecule has 0 unspecified atom stereocenters. The van der Waals surface area contributed by atoms with Crippen molar-refractivity contribution in [2.24, 2.45) is 0 Å². The summed E-state index contributed by atoms with van der Waals surface area (Å²) in [5, 5.41) is 10.6. The highest BCUT2D eigenvalue weighted by atomic mass is 35.5. The highest BCUT2D eigenvalue weighted by molar-refractivity contribution is 5.92. The molecule has 1 saturated heterocycles. The number of hydrogen-bond acceptors (Lipinski definition) is 7. The van der Waals surface area contributed by atoms with Crippen LogP contribution in [-0.2, 0) is 4.74 Å². The lowest BCUT2D eigenvalue weighted by molar-refractivity contribution is 0.0693. The van der Waals surface area contributed by atoms with Gasteiger partial charge in [0, 0.05) is 30.2 Å². The molecule has 9 nitrogen and oxygen atoms in total. The summed E-state index contributed by atoms with van der Waals surface area (Å²) in [5.41, 5.74) is 4.85. The minimum atomic E-state index is -1.04. The van der Waals surface area contributed by atoms with Crippen LogP contribution in [0.3, 0.4) is 0 Å². The number of carboxylic acids is 1. The Balaban J connectivity index is 0.00000308. The van der Waals surface area contributed by atoms with Crippen LogP contribution in [0.5, 0.6) is 5.75 Å². The quantitative estimate of drug-likeness (QED) is 0.316. The van der Waals surface area contributed by atoms with Gasteiger partial charge >= 0.3 is 5.97 Å². The number of nitrogens with zero attached hydrogens (tertiary/aromatic N) is 5. The van der Waals surface area contributed by atoms with Gasteiger partial charge in [-0.05, 0) is 36.4 Å². The van der Waals surface area contributed by atoms with Gasteiger partial charge in [-0.25, -0.2) is 19.7 Å². The first-order chi connectivity index (χ1) is 18.6. The van der Waals surface area contributed by atoms with Crippen LogP contribution in [0.15, 0.2) is 67.0 Å². The van der Waals surface area contributed by atoms with Crippen LogP contribution in [0.1, 0.15) is 21.7 Å². The fourth-order valence-electron chi connectivity index (χ4n) is 4.65. The minimum absolute atomic E-state index is 0. The molecule has 0 aliphatic carbocycles. The van der Waals surface area contributed by atoms with E-state index in [0.29, 0.717) is 18.9 Å². The summed E-state index contributed by atoms with van der Waals surface area (Å²) in [4.78, 5) is 28.2. The number of aromatic nitrogens is 4. The summed E-state index contributed by atoms with van der Waals surface area (Å²) < 4.78 is 12.9. The van der Waals surface area contributed by atoms with Crippen LogP contribution < -0.4 is 9.64 Å². The number of imidazole rings is 1. The van der Waals surface area contributed by atoms with E-state index >= 15 is 0 Å². The van der Waals surface area contributed by atoms with Crippen molar-refractivity contribution >= 4 is 52.9 Å². The summed E-state index contributed by atoms with van der Waals surface area (Å²) >= 11 is 0. The first-order valence-electron chi connectivity index (χ1n) is 12.3. The van der Waals surface area contributed by atoms with E-state index < -0.39 is 5.97 Å². The third-order valence-corrected chi connectivity index (χ3v) is 6.58. The zero-order valence-corrected chi connectivity index (χ0v) is 22.0. The Bertz CT molecular complexity index is 1690. The maximum Gasteiger partial charge on any atom is 0.339 e. The monoisotopic (exact) mass is 543 g/mol. The number of halogens is 1. The predicted octanol–water partition coefficient (Wildman–Crippen LogP) is 5.08. The summed E-state index contributed by atoms with van der Waals surface area (Å²) in [5.74, 6) is 0.00867. The van der Waals surface area contributed by atoms with E-state index in [1.807, 2.05) is 53.1 Å². The van der Waals surface area contributed by atoms with Gasteiger partial charge in [-0.2, -0.15) is 0 Å². The van der Waals surface area contributed by atoms with E-state index in [1.165, 1.54) is 7.11 Å². The molecule has 0 radical (unpaired) electrons. The van der Waals surface area contributed by atoms with Gasteiger partial charge in [0.2, 0.25) is 0 Å². The third-order valence-electron chi connectivity index (χ3n) is 6.58. The van der Waals surface area contributed by atoms with E-state index in [-0.39, 0.29) is 23.7 Å². The number of fused-ring (bicyclic) bond motifs is 2. The maximum atomic E-state index is 11.6. The number of carboxylic acid groups (broad SMARTS) is 1. The first-order valence-corrected chi connectivity index (χ1v) is 12.3. The van der Waals surface area contributed by atoms with E-state index in [1.54, 1.807) is 24.4 Å². The largest absolute Gasteiger partial charge is 0.496 e. The molecule has 1 aliphatic heterocycles. The summed E-state index contributed by atoms with van der Waals surface area (Å²) in [6.07, 6.45) is 7.62. The molecule has 0 bridgehead atoms. The van der Waals surface area contributed by atoms with E-state index in [4.69, 9.17) is 24.4 Å². The molecule has 0 atom stereocenters. The van der Waals surface area contributed by atoms with Crippen molar-refractivity contribution in [2.75, 3.05) is 38.3 Å². The normalized spacial score (nSPS) is 13.6. The minimum Gasteiger partial charge on any atom is -0.496 e. The summed E-state index contributed by atoms with van der Waals surface area (Å²) in [6.45, 7) is 2.71. The van der Waals surface area contributed by atoms with Gasteiger partial charge in [0.15, 0.2) is 11.5 Å². The molecule has 198 valence electrons. The van der Waals surface area contributed by atoms with Crippen LogP contribution in [0.25, 0.3) is 40.0 Å².